The van der Waals surface area contributed by atoms with Crippen LogP contribution in [0.4, 0.5) is 5.69 Å². The summed E-state index contributed by atoms with van der Waals surface area (Å²) in [5, 5.41) is 2.76. The fourth-order valence-electron chi connectivity index (χ4n) is 3.03. The third kappa shape index (κ3) is 3.71. The zero-order chi connectivity index (χ0) is 17.8. The van der Waals surface area contributed by atoms with Crippen LogP contribution < -0.4 is 11.1 Å². The molecular formula is C18H20N4O3. The highest BCUT2D eigenvalue weighted by molar-refractivity contribution is 5.99. The molecule has 2 aromatic rings. The Hall–Kier alpha value is -3.09. The number of nitrogens with zero attached hydrogens (tertiary/aromatic N) is 1. The molecule has 1 atom stereocenters. The number of aromatic nitrogens is 1. The highest BCUT2D eigenvalue weighted by atomic mass is 16.2. The van der Waals surface area contributed by atoms with E-state index in [1.165, 1.54) is 12.3 Å². The molecule has 1 aromatic heterocycles. The standard InChI is InChI=1S/C18H20N4O3/c19-17(24)14-10-13(11-20-14)21-18(25)16(12-6-2-1-3-7-12)22-9-5-4-8-15(22)23/h1-3,6-7,10-11,16,20H,4-5,8-9H2,(H2,19,24)(H,21,25). The number of nitrogens with two attached hydrogens (primary N) is 1. The van der Waals surface area contributed by atoms with Gasteiger partial charge in [-0.15, -0.1) is 0 Å². The summed E-state index contributed by atoms with van der Waals surface area (Å²) >= 11 is 0. The summed E-state index contributed by atoms with van der Waals surface area (Å²) in [6.07, 6.45) is 3.67. The third-order valence-corrected chi connectivity index (χ3v) is 4.25. The predicted molar refractivity (Wildman–Crippen MR) is 92.7 cm³/mol. The lowest BCUT2D eigenvalue weighted by Gasteiger charge is -2.34. The van der Waals surface area contributed by atoms with Crippen LogP contribution in [0.25, 0.3) is 0 Å². The Kier molecular flexibility index (Phi) is 4.83. The van der Waals surface area contributed by atoms with Gasteiger partial charge in [0, 0.05) is 19.2 Å². The van der Waals surface area contributed by atoms with Crippen molar-refractivity contribution in [3.8, 4) is 0 Å². The minimum atomic E-state index is -0.707. The molecule has 1 aliphatic rings. The largest absolute Gasteiger partial charge is 0.364 e. The number of piperidine rings is 1. The molecule has 7 nitrogen and oxygen atoms in total. The normalized spacial score (nSPS) is 15.7. The Labute approximate surface area is 145 Å². The molecule has 1 aromatic carbocycles. The molecule has 0 aliphatic carbocycles. The van der Waals surface area contributed by atoms with Crippen LogP contribution in [-0.2, 0) is 9.59 Å². The number of nitrogens with one attached hydrogen (secondary N) is 2. The molecule has 3 amide bonds. The van der Waals surface area contributed by atoms with Crippen molar-refractivity contribution in [3.05, 3.63) is 53.9 Å². The predicted octanol–water partition coefficient (Wildman–Crippen LogP) is 1.81. The minimum Gasteiger partial charge on any atom is -0.364 e. The number of amides is 3. The summed E-state index contributed by atoms with van der Waals surface area (Å²) in [6, 6.07) is 9.97. The second-order valence-corrected chi connectivity index (χ2v) is 6.01. The van der Waals surface area contributed by atoms with Crippen molar-refractivity contribution < 1.29 is 14.4 Å². The van der Waals surface area contributed by atoms with Crippen molar-refractivity contribution in [3.63, 3.8) is 0 Å². The topological polar surface area (TPSA) is 108 Å². The molecule has 1 saturated heterocycles. The number of hydrogen-bond acceptors (Lipinski definition) is 3. The van der Waals surface area contributed by atoms with E-state index in [4.69, 9.17) is 5.73 Å². The van der Waals surface area contributed by atoms with Gasteiger partial charge in [0.25, 0.3) is 11.8 Å². The van der Waals surface area contributed by atoms with Gasteiger partial charge in [0.15, 0.2) is 0 Å². The van der Waals surface area contributed by atoms with E-state index >= 15 is 0 Å². The Bertz CT molecular complexity index is 785. The smallest absolute Gasteiger partial charge is 0.265 e. The molecule has 1 fully saturated rings. The summed E-state index contributed by atoms with van der Waals surface area (Å²) in [5.74, 6) is -0.954. The average molecular weight is 340 g/mol. The van der Waals surface area contributed by atoms with Crippen LogP contribution in [0.2, 0.25) is 0 Å². The minimum absolute atomic E-state index is 0.0258. The van der Waals surface area contributed by atoms with Crippen molar-refractivity contribution in [2.75, 3.05) is 11.9 Å². The summed E-state index contributed by atoms with van der Waals surface area (Å²) in [7, 11) is 0. The Morgan fingerprint density at radius 1 is 1.20 bits per heavy atom. The molecule has 1 unspecified atom stereocenters. The number of carbonyl (C=O) groups excluding carboxylic acids is 3. The van der Waals surface area contributed by atoms with Crippen LogP contribution >= 0.6 is 0 Å². The van der Waals surface area contributed by atoms with Crippen molar-refractivity contribution in [2.45, 2.75) is 25.3 Å². The summed E-state index contributed by atoms with van der Waals surface area (Å²) in [5.41, 5.74) is 6.60. The zero-order valence-electron chi connectivity index (χ0n) is 13.7. The van der Waals surface area contributed by atoms with Gasteiger partial charge in [-0.2, -0.15) is 0 Å². The number of anilines is 1. The maximum absolute atomic E-state index is 12.9. The third-order valence-electron chi connectivity index (χ3n) is 4.25. The number of likely N-dealkylation sites (tertiary alicyclic amines) is 1. The Morgan fingerprint density at radius 2 is 1.96 bits per heavy atom. The second-order valence-electron chi connectivity index (χ2n) is 6.01. The van der Waals surface area contributed by atoms with E-state index in [0.29, 0.717) is 18.7 Å². The van der Waals surface area contributed by atoms with Crippen LogP contribution in [-0.4, -0.2) is 34.2 Å². The number of H-pyrrole nitrogens is 1. The highest BCUT2D eigenvalue weighted by Gasteiger charge is 2.32. The molecule has 130 valence electrons. The van der Waals surface area contributed by atoms with E-state index in [1.54, 1.807) is 4.90 Å². The van der Waals surface area contributed by atoms with E-state index in [1.807, 2.05) is 30.3 Å². The van der Waals surface area contributed by atoms with E-state index in [2.05, 4.69) is 10.3 Å². The molecule has 2 heterocycles. The van der Waals surface area contributed by atoms with Crippen molar-refractivity contribution >= 4 is 23.4 Å². The van der Waals surface area contributed by atoms with Gasteiger partial charge < -0.3 is 20.9 Å². The average Bonchev–Trinajstić information content (AvgIpc) is 3.07. The van der Waals surface area contributed by atoms with Gasteiger partial charge in [0.05, 0.1) is 5.69 Å². The molecule has 4 N–H and O–H groups in total. The van der Waals surface area contributed by atoms with Gasteiger partial charge in [0.2, 0.25) is 5.91 Å². The van der Waals surface area contributed by atoms with E-state index in [9.17, 15) is 14.4 Å². The molecule has 0 bridgehead atoms. The molecule has 0 saturated carbocycles. The highest BCUT2D eigenvalue weighted by Crippen LogP contribution is 2.27. The van der Waals surface area contributed by atoms with Crippen LogP contribution in [0.1, 0.15) is 41.4 Å². The van der Waals surface area contributed by atoms with Crippen LogP contribution in [0.15, 0.2) is 42.6 Å². The lowest BCUT2D eigenvalue weighted by atomic mass is 10.0. The molecule has 25 heavy (non-hydrogen) atoms. The van der Waals surface area contributed by atoms with Crippen molar-refractivity contribution in [1.82, 2.24) is 9.88 Å². The SMILES string of the molecule is NC(=O)c1cc(NC(=O)C(c2ccccc2)N2CCCCC2=O)c[nH]1. The lowest BCUT2D eigenvalue weighted by Crippen LogP contribution is -2.43. The first-order chi connectivity index (χ1) is 12.1. The molecule has 0 radical (unpaired) electrons. The summed E-state index contributed by atoms with van der Waals surface area (Å²) in [4.78, 5) is 40.7. The number of primary amides is 1. The maximum Gasteiger partial charge on any atom is 0.265 e. The van der Waals surface area contributed by atoms with E-state index in [-0.39, 0.29) is 17.5 Å². The fraction of sp³-hybridized carbons (Fsp3) is 0.278. The Balaban J connectivity index is 1.86. The van der Waals surface area contributed by atoms with Gasteiger partial charge in [-0.05, 0) is 24.5 Å². The van der Waals surface area contributed by atoms with Gasteiger partial charge in [0.1, 0.15) is 11.7 Å². The molecule has 3 rings (SSSR count). The maximum atomic E-state index is 12.9. The zero-order valence-corrected chi connectivity index (χ0v) is 13.7. The van der Waals surface area contributed by atoms with Crippen molar-refractivity contribution in [1.29, 1.82) is 0 Å². The van der Waals surface area contributed by atoms with Crippen molar-refractivity contribution in [2.24, 2.45) is 5.73 Å². The first kappa shape index (κ1) is 16.8. The van der Waals surface area contributed by atoms with E-state index < -0.39 is 11.9 Å². The number of aromatic amines is 1. The first-order valence-electron chi connectivity index (χ1n) is 8.20. The van der Waals surface area contributed by atoms with Crippen LogP contribution in [0.3, 0.4) is 0 Å². The summed E-state index contributed by atoms with van der Waals surface area (Å²) < 4.78 is 0. The first-order valence-corrected chi connectivity index (χ1v) is 8.20. The van der Waals surface area contributed by atoms with Gasteiger partial charge in [-0.25, -0.2) is 0 Å². The van der Waals surface area contributed by atoms with Gasteiger partial charge in [-0.3, -0.25) is 14.4 Å². The molecule has 7 heteroatoms. The van der Waals surface area contributed by atoms with Gasteiger partial charge in [-0.1, -0.05) is 30.3 Å². The van der Waals surface area contributed by atoms with Crippen LogP contribution in [0, 0.1) is 0 Å². The van der Waals surface area contributed by atoms with E-state index in [0.717, 1.165) is 18.4 Å². The Morgan fingerprint density at radius 3 is 2.60 bits per heavy atom. The van der Waals surface area contributed by atoms with Crippen LogP contribution in [0.5, 0.6) is 0 Å². The fourth-order valence-corrected chi connectivity index (χ4v) is 3.03. The van der Waals surface area contributed by atoms with Gasteiger partial charge >= 0.3 is 0 Å². The number of carbonyl (C=O) groups is 3. The molecular weight excluding hydrogens is 320 g/mol. The number of benzene rings is 1. The lowest BCUT2D eigenvalue weighted by molar-refractivity contribution is -0.141. The summed E-state index contributed by atoms with van der Waals surface area (Å²) in [6.45, 7) is 0.547. The monoisotopic (exact) mass is 340 g/mol. The quantitative estimate of drug-likeness (QED) is 0.772. The molecule has 0 spiro atoms. The number of rotatable bonds is 5. The number of hydrogen-bond donors (Lipinski definition) is 3. The molecule has 1 aliphatic heterocycles. The second kappa shape index (κ2) is 7.21.